The molecule has 1 fully saturated rings. The Morgan fingerprint density at radius 2 is 2.04 bits per heavy atom. The molecule has 3 rings (SSSR count). The summed E-state index contributed by atoms with van der Waals surface area (Å²) in [6.07, 6.45) is 4.91. The van der Waals surface area contributed by atoms with Crippen LogP contribution in [0.2, 0.25) is 0 Å². The van der Waals surface area contributed by atoms with Gasteiger partial charge in [-0.2, -0.15) is 8.78 Å². The van der Waals surface area contributed by atoms with Gasteiger partial charge in [0.1, 0.15) is 12.4 Å². The Hall–Kier alpha value is -2.44. The SMILES string of the molecule is CCNC(=NCc1nccn1C(F)F)NCC1(c2ccccc2)CC1. The molecule has 1 aliphatic rings. The summed E-state index contributed by atoms with van der Waals surface area (Å²) in [5, 5.41) is 6.51. The van der Waals surface area contributed by atoms with Gasteiger partial charge in [-0.15, -0.1) is 0 Å². The van der Waals surface area contributed by atoms with Gasteiger partial charge < -0.3 is 10.6 Å². The van der Waals surface area contributed by atoms with Gasteiger partial charge in [0.15, 0.2) is 5.96 Å². The lowest BCUT2D eigenvalue weighted by Gasteiger charge is -2.19. The molecular formula is C18H23F2N5. The highest BCUT2D eigenvalue weighted by Crippen LogP contribution is 2.47. The number of nitrogens with one attached hydrogen (secondary N) is 2. The van der Waals surface area contributed by atoms with E-state index in [9.17, 15) is 8.78 Å². The fourth-order valence-electron chi connectivity index (χ4n) is 2.90. The summed E-state index contributed by atoms with van der Waals surface area (Å²) < 4.78 is 26.6. The number of rotatable bonds is 7. The molecule has 0 amide bonds. The molecule has 0 saturated heterocycles. The van der Waals surface area contributed by atoms with Crippen LogP contribution in [0.4, 0.5) is 8.78 Å². The summed E-state index contributed by atoms with van der Waals surface area (Å²) in [5.41, 5.74) is 1.48. The second-order valence-corrected chi connectivity index (χ2v) is 6.22. The number of halogens is 2. The molecule has 0 aliphatic heterocycles. The van der Waals surface area contributed by atoms with Crippen molar-refractivity contribution < 1.29 is 8.78 Å². The quantitative estimate of drug-likeness (QED) is 0.598. The van der Waals surface area contributed by atoms with Crippen molar-refractivity contribution in [2.45, 2.75) is 38.3 Å². The van der Waals surface area contributed by atoms with E-state index in [1.807, 2.05) is 13.0 Å². The van der Waals surface area contributed by atoms with Crippen molar-refractivity contribution in [1.82, 2.24) is 20.2 Å². The molecule has 7 heteroatoms. The highest BCUT2D eigenvalue weighted by molar-refractivity contribution is 5.79. The van der Waals surface area contributed by atoms with Crippen LogP contribution in [0.25, 0.3) is 0 Å². The minimum absolute atomic E-state index is 0.102. The lowest BCUT2D eigenvalue weighted by atomic mass is 9.96. The van der Waals surface area contributed by atoms with Crippen LogP contribution in [0.3, 0.4) is 0 Å². The van der Waals surface area contributed by atoms with E-state index in [1.165, 1.54) is 18.0 Å². The van der Waals surface area contributed by atoms with Crippen molar-refractivity contribution >= 4 is 5.96 Å². The number of alkyl halides is 2. The van der Waals surface area contributed by atoms with Gasteiger partial charge in [-0.3, -0.25) is 4.57 Å². The molecule has 134 valence electrons. The first-order valence-corrected chi connectivity index (χ1v) is 8.52. The standard InChI is InChI=1S/C18H23F2N5/c1-2-21-17(23-12-15-22-10-11-25(15)16(19)20)24-13-18(8-9-18)14-6-4-3-5-7-14/h3-7,10-11,16H,2,8-9,12-13H2,1H3,(H2,21,23,24). The minimum Gasteiger partial charge on any atom is -0.357 e. The Kier molecular flexibility index (Phi) is 5.31. The fraction of sp³-hybridized carbons (Fsp3) is 0.444. The predicted octanol–water partition coefficient (Wildman–Crippen LogP) is 3.07. The Morgan fingerprint density at radius 1 is 1.28 bits per heavy atom. The summed E-state index contributed by atoms with van der Waals surface area (Å²) >= 11 is 0. The van der Waals surface area contributed by atoms with E-state index in [-0.39, 0.29) is 17.8 Å². The maximum absolute atomic E-state index is 12.9. The van der Waals surface area contributed by atoms with E-state index in [0.717, 1.165) is 24.0 Å². The van der Waals surface area contributed by atoms with E-state index >= 15 is 0 Å². The van der Waals surface area contributed by atoms with E-state index < -0.39 is 6.55 Å². The van der Waals surface area contributed by atoms with Gasteiger partial charge in [0.25, 0.3) is 0 Å². The molecule has 1 aromatic heterocycles. The van der Waals surface area contributed by atoms with Gasteiger partial charge >= 0.3 is 6.55 Å². The Morgan fingerprint density at radius 3 is 2.68 bits per heavy atom. The number of hydrogen-bond acceptors (Lipinski definition) is 2. The topological polar surface area (TPSA) is 54.2 Å². The highest BCUT2D eigenvalue weighted by atomic mass is 19.3. The van der Waals surface area contributed by atoms with Crippen molar-refractivity contribution in [3.05, 3.63) is 54.1 Å². The van der Waals surface area contributed by atoms with Crippen LogP contribution >= 0.6 is 0 Å². The first-order valence-electron chi connectivity index (χ1n) is 8.52. The average Bonchev–Trinajstić information content (AvgIpc) is 3.27. The van der Waals surface area contributed by atoms with Crippen molar-refractivity contribution in [3.63, 3.8) is 0 Å². The molecule has 0 radical (unpaired) electrons. The number of nitrogens with zero attached hydrogens (tertiary/aromatic N) is 3. The van der Waals surface area contributed by atoms with Crippen molar-refractivity contribution in [2.75, 3.05) is 13.1 Å². The smallest absolute Gasteiger partial charge is 0.319 e. The third kappa shape index (κ3) is 4.15. The zero-order valence-electron chi connectivity index (χ0n) is 14.3. The molecular weight excluding hydrogens is 324 g/mol. The Bertz CT molecular complexity index is 707. The Labute approximate surface area is 146 Å². The number of benzene rings is 1. The lowest BCUT2D eigenvalue weighted by Crippen LogP contribution is -2.41. The molecule has 1 saturated carbocycles. The minimum atomic E-state index is -2.60. The molecule has 1 aromatic carbocycles. The first kappa shape index (κ1) is 17.4. The van der Waals surface area contributed by atoms with Crippen LogP contribution in [0, 0.1) is 0 Å². The molecule has 0 unspecified atom stereocenters. The van der Waals surface area contributed by atoms with E-state index in [1.54, 1.807) is 0 Å². The highest BCUT2D eigenvalue weighted by Gasteiger charge is 2.43. The summed E-state index contributed by atoms with van der Waals surface area (Å²) in [6.45, 7) is 0.947. The average molecular weight is 347 g/mol. The van der Waals surface area contributed by atoms with Crippen LogP contribution in [0.1, 0.15) is 37.7 Å². The molecule has 5 nitrogen and oxygen atoms in total. The number of aromatic nitrogens is 2. The maximum Gasteiger partial charge on any atom is 0.319 e. The molecule has 0 bridgehead atoms. The predicted molar refractivity (Wildman–Crippen MR) is 93.7 cm³/mol. The molecule has 0 atom stereocenters. The second kappa shape index (κ2) is 7.63. The van der Waals surface area contributed by atoms with Crippen LogP contribution in [0.5, 0.6) is 0 Å². The second-order valence-electron chi connectivity index (χ2n) is 6.22. The van der Waals surface area contributed by atoms with Gasteiger partial charge in [-0.1, -0.05) is 30.3 Å². The summed E-state index contributed by atoms with van der Waals surface area (Å²) in [7, 11) is 0. The zero-order chi connectivity index (χ0) is 17.7. The maximum atomic E-state index is 12.9. The summed E-state index contributed by atoms with van der Waals surface area (Å²) in [4.78, 5) is 8.36. The van der Waals surface area contributed by atoms with Gasteiger partial charge in [-0.25, -0.2) is 9.98 Å². The molecule has 25 heavy (non-hydrogen) atoms. The molecule has 1 heterocycles. The number of hydrogen-bond donors (Lipinski definition) is 2. The normalized spacial score (nSPS) is 16.1. The van der Waals surface area contributed by atoms with Crippen molar-refractivity contribution in [3.8, 4) is 0 Å². The van der Waals surface area contributed by atoms with Crippen LogP contribution in [-0.2, 0) is 12.0 Å². The molecule has 0 spiro atoms. The summed E-state index contributed by atoms with van der Waals surface area (Å²) in [5.74, 6) is 0.866. The van der Waals surface area contributed by atoms with E-state index in [4.69, 9.17) is 0 Å². The van der Waals surface area contributed by atoms with E-state index in [2.05, 4.69) is 44.9 Å². The first-order chi connectivity index (χ1) is 12.1. The molecule has 2 aromatic rings. The van der Waals surface area contributed by atoms with Crippen molar-refractivity contribution in [2.24, 2.45) is 4.99 Å². The van der Waals surface area contributed by atoms with Crippen LogP contribution in [0.15, 0.2) is 47.7 Å². The number of guanidine groups is 1. The van der Waals surface area contributed by atoms with Crippen LogP contribution in [-0.4, -0.2) is 28.6 Å². The van der Waals surface area contributed by atoms with Gasteiger partial charge in [0.05, 0.1) is 0 Å². The summed E-state index contributed by atoms with van der Waals surface area (Å²) in [6, 6.07) is 10.4. The monoisotopic (exact) mass is 347 g/mol. The van der Waals surface area contributed by atoms with Crippen molar-refractivity contribution in [1.29, 1.82) is 0 Å². The number of imidazole rings is 1. The molecule has 1 aliphatic carbocycles. The largest absolute Gasteiger partial charge is 0.357 e. The third-order valence-corrected chi connectivity index (χ3v) is 4.52. The van der Waals surface area contributed by atoms with Gasteiger partial charge in [0.2, 0.25) is 0 Å². The fourth-order valence-corrected chi connectivity index (χ4v) is 2.90. The molecule has 2 N–H and O–H groups in total. The van der Waals surface area contributed by atoms with Crippen LogP contribution < -0.4 is 10.6 Å². The third-order valence-electron chi connectivity index (χ3n) is 4.52. The Balaban J connectivity index is 1.64. The lowest BCUT2D eigenvalue weighted by molar-refractivity contribution is 0.0671. The van der Waals surface area contributed by atoms with E-state index in [0.29, 0.717) is 12.5 Å². The number of aliphatic imine (C=N–C) groups is 1. The van der Waals surface area contributed by atoms with Gasteiger partial charge in [-0.05, 0) is 25.3 Å². The zero-order valence-corrected chi connectivity index (χ0v) is 14.3. The van der Waals surface area contributed by atoms with Gasteiger partial charge in [0, 0.05) is 30.9 Å².